The Kier molecular flexibility index (Phi) is 4.00. The molecule has 0 aliphatic carbocycles. The molecule has 7 heteroatoms. The van der Waals surface area contributed by atoms with Crippen LogP contribution in [-0.2, 0) is 0 Å². The van der Waals surface area contributed by atoms with E-state index < -0.39 is 0 Å². The maximum Gasteiger partial charge on any atom is 0.274 e. The first kappa shape index (κ1) is 15.4. The molecule has 0 aliphatic heterocycles. The zero-order valence-corrected chi connectivity index (χ0v) is 14.0. The molecule has 0 radical (unpaired) electrons. The van der Waals surface area contributed by atoms with E-state index in [2.05, 4.69) is 27.4 Å². The van der Waals surface area contributed by atoms with Crippen LogP contribution in [0.4, 0.5) is 11.4 Å². The average molecular weight is 341 g/mol. The number of hydrogen-bond donors (Lipinski definition) is 0. The quantitative estimate of drug-likeness (QED) is 0.283. The minimum Gasteiger partial charge on any atom is -0.258 e. The maximum atomic E-state index is 11.1. The summed E-state index contributed by atoms with van der Waals surface area (Å²) < 4.78 is 0.976. The first-order chi connectivity index (χ1) is 11.0. The Morgan fingerprint density at radius 1 is 1.30 bits per heavy atom. The molecule has 2 aromatic carbocycles. The summed E-state index contributed by atoms with van der Waals surface area (Å²) in [5.41, 5.74) is 3.93. The zero-order valence-electron chi connectivity index (χ0n) is 12.4. The van der Waals surface area contributed by atoms with E-state index in [-0.39, 0.29) is 10.6 Å². The number of hydrogen-bond acceptors (Lipinski definition) is 6. The van der Waals surface area contributed by atoms with Crippen LogP contribution in [0.15, 0.2) is 35.3 Å². The molecule has 3 aromatic rings. The second-order valence-corrected chi connectivity index (χ2v) is 6.22. The number of thiazole rings is 1. The number of rotatable bonds is 3. The van der Waals surface area contributed by atoms with Gasteiger partial charge in [-0.25, -0.2) is 4.98 Å². The van der Waals surface area contributed by atoms with Crippen molar-refractivity contribution in [3.05, 3.63) is 51.6 Å². The average Bonchev–Trinajstić information content (AvgIpc) is 2.98. The molecule has 0 bridgehead atoms. The summed E-state index contributed by atoms with van der Waals surface area (Å²) in [6, 6.07) is 9.09. The van der Waals surface area contributed by atoms with Crippen LogP contribution >= 0.6 is 23.6 Å². The lowest BCUT2D eigenvalue weighted by Gasteiger charge is -2.00. The number of aliphatic imine (C=N–C) groups is 1. The van der Waals surface area contributed by atoms with Gasteiger partial charge in [-0.2, -0.15) is 4.99 Å². The maximum absolute atomic E-state index is 11.1. The Hall–Kier alpha value is -2.47. The summed E-state index contributed by atoms with van der Waals surface area (Å²) in [4.78, 5) is 19.3. The van der Waals surface area contributed by atoms with Gasteiger partial charge in [0.2, 0.25) is 0 Å². The van der Waals surface area contributed by atoms with Gasteiger partial charge in [0, 0.05) is 11.6 Å². The number of nitro groups is 1. The summed E-state index contributed by atoms with van der Waals surface area (Å²) in [5.74, 6) is 0. The van der Waals surface area contributed by atoms with Gasteiger partial charge in [0.1, 0.15) is 5.01 Å². The Bertz CT molecular complexity index is 971. The predicted molar refractivity (Wildman–Crippen MR) is 95.9 cm³/mol. The van der Waals surface area contributed by atoms with E-state index in [1.807, 2.05) is 31.2 Å². The normalized spacial score (nSPS) is 10.5. The third kappa shape index (κ3) is 2.77. The lowest BCUT2D eigenvalue weighted by atomic mass is 10.1. The largest absolute Gasteiger partial charge is 0.274 e. The zero-order chi connectivity index (χ0) is 16.6. The van der Waals surface area contributed by atoms with Crippen molar-refractivity contribution in [2.24, 2.45) is 4.99 Å². The van der Waals surface area contributed by atoms with Crippen LogP contribution in [0.5, 0.6) is 0 Å². The molecular weight excluding hydrogens is 330 g/mol. The first-order valence-corrected chi connectivity index (χ1v) is 7.97. The highest BCUT2D eigenvalue weighted by Gasteiger charge is 2.19. The first-order valence-electron chi connectivity index (χ1n) is 6.74. The summed E-state index contributed by atoms with van der Waals surface area (Å²) in [7, 11) is 0. The summed E-state index contributed by atoms with van der Waals surface area (Å²) in [6.45, 7) is 3.61. The van der Waals surface area contributed by atoms with Crippen LogP contribution in [0, 0.1) is 24.0 Å². The second kappa shape index (κ2) is 5.96. The third-order valence-corrected chi connectivity index (χ3v) is 4.89. The lowest BCUT2D eigenvalue weighted by Crippen LogP contribution is -1.93. The minimum atomic E-state index is -0.362. The summed E-state index contributed by atoms with van der Waals surface area (Å²) in [6.07, 6.45) is 0. The summed E-state index contributed by atoms with van der Waals surface area (Å²) in [5, 5.41) is 14.3. The van der Waals surface area contributed by atoms with E-state index in [4.69, 9.17) is 0 Å². The van der Waals surface area contributed by atoms with E-state index in [0.29, 0.717) is 11.1 Å². The molecule has 5 nitrogen and oxygen atoms in total. The van der Waals surface area contributed by atoms with Gasteiger partial charge in [-0.3, -0.25) is 10.1 Å². The second-order valence-electron chi connectivity index (χ2n) is 5.04. The number of aromatic nitrogens is 1. The SMILES string of the molecule is Cc1c([N+](=O)[O-])cc(C)c2sc(-c3ccc(N=C=S)cc3)nc12. The van der Waals surface area contributed by atoms with Gasteiger partial charge in [-0.15, -0.1) is 11.3 Å². The molecule has 23 heavy (non-hydrogen) atoms. The molecular formula is C16H11N3O2S2. The van der Waals surface area contributed by atoms with Crippen LogP contribution in [0.1, 0.15) is 11.1 Å². The van der Waals surface area contributed by atoms with Crippen molar-refractivity contribution in [1.29, 1.82) is 0 Å². The molecule has 0 amide bonds. The van der Waals surface area contributed by atoms with E-state index in [1.165, 1.54) is 11.3 Å². The van der Waals surface area contributed by atoms with Crippen LogP contribution in [-0.4, -0.2) is 15.1 Å². The number of fused-ring (bicyclic) bond motifs is 1. The Labute approximate surface area is 141 Å². The highest BCUT2D eigenvalue weighted by Crippen LogP contribution is 2.37. The molecule has 0 spiro atoms. The molecule has 1 heterocycles. The Balaban J connectivity index is 2.16. The number of thiocarbonyl (C=S) groups is 1. The number of isothiocyanates is 1. The van der Waals surface area contributed by atoms with Crippen molar-refractivity contribution in [2.45, 2.75) is 13.8 Å². The number of nitrogens with zero attached hydrogens (tertiary/aromatic N) is 3. The highest BCUT2D eigenvalue weighted by molar-refractivity contribution is 7.78. The van der Waals surface area contributed by atoms with Crippen LogP contribution in [0.25, 0.3) is 20.8 Å². The molecule has 0 fully saturated rings. The van der Waals surface area contributed by atoms with Crippen molar-refractivity contribution in [1.82, 2.24) is 4.98 Å². The highest BCUT2D eigenvalue weighted by atomic mass is 32.1. The lowest BCUT2D eigenvalue weighted by molar-refractivity contribution is -0.385. The van der Waals surface area contributed by atoms with Crippen molar-refractivity contribution in [2.75, 3.05) is 0 Å². The van der Waals surface area contributed by atoms with Gasteiger partial charge in [0.25, 0.3) is 5.69 Å². The monoisotopic (exact) mass is 341 g/mol. The van der Waals surface area contributed by atoms with Gasteiger partial charge >= 0.3 is 0 Å². The van der Waals surface area contributed by atoms with Crippen molar-refractivity contribution in [3.63, 3.8) is 0 Å². The number of aryl methyl sites for hydroxylation is 2. The van der Waals surface area contributed by atoms with Crippen LogP contribution in [0.2, 0.25) is 0 Å². The Morgan fingerprint density at radius 2 is 2.00 bits per heavy atom. The van der Waals surface area contributed by atoms with Crippen LogP contribution in [0.3, 0.4) is 0 Å². The molecule has 0 saturated heterocycles. The molecule has 0 atom stereocenters. The fourth-order valence-electron chi connectivity index (χ4n) is 2.39. The third-order valence-electron chi connectivity index (χ3n) is 3.56. The molecule has 1 aromatic heterocycles. The van der Waals surface area contributed by atoms with Gasteiger partial charge in [0.15, 0.2) is 0 Å². The van der Waals surface area contributed by atoms with Crippen molar-refractivity contribution < 1.29 is 4.92 Å². The standard InChI is InChI=1S/C16H11N3O2S2/c1-9-7-13(19(20)21)10(2)14-15(9)23-16(18-14)11-3-5-12(6-4-11)17-8-22/h3-7H,1-2H3. The number of benzene rings is 2. The fraction of sp³-hybridized carbons (Fsp3) is 0.125. The Morgan fingerprint density at radius 3 is 2.61 bits per heavy atom. The molecule has 114 valence electrons. The molecule has 0 aliphatic rings. The molecule has 0 unspecified atom stereocenters. The summed E-state index contributed by atoms with van der Waals surface area (Å²) >= 11 is 6.11. The van der Waals surface area contributed by atoms with E-state index in [0.717, 1.165) is 26.5 Å². The molecule has 0 saturated carbocycles. The van der Waals surface area contributed by atoms with Gasteiger partial charge in [-0.05, 0) is 55.9 Å². The van der Waals surface area contributed by atoms with E-state index >= 15 is 0 Å². The van der Waals surface area contributed by atoms with Crippen molar-refractivity contribution >= 4 is 50.3 Å². The smallest absolute Gasteiger partial charge is 0.258 e. The predicted octanol–water partition coefficient (Wildman–Crippen LogP) is 5.22. The fourth-order valence-corrected chi connectivity index (χ4v) is 3.59. The van der Waals surface area contributed by atoms with Crippen molar-refractivity contribution in [3.8, 4) is 10.6 Å². The van der Waals surface area contributed by atoms with Gasteiger partial charge < -0.3 is 0 Å². The van der Waals surface area contributed by atoms with Gasteiger partial charge in [-0.1, -0.05) is 0 Å². The van der Waals surface area contributed by atoms with Crippen LogP contribution < -0.4 is 0 Å². The van der Waals surface area contributed by atoms with E-state index in [9.17, 15) is 10.1 Å². The minimum absolute atomic E-state index is 0.109. The molecule has 3 rings (SSSR count). The number of nitro benzene ring substituents is 1. The topological polar surface area (TPSA) is 68.4 Å². The van der Waals surface area contributed by atoms with E-state index in [1.54, 1.807) is 13.0 Å². The molecule has 0 N–H and O–H groups in total. The van der Waals surface area contributed by atoms with Gasteiger partial charge in [0.05, 0.1) is 31.6 Å².